The second kappa shape index (κ2) is 7.16. The Balaban J connectivity index is 2.91. The van der Waals surface area contributed by atoms with E-state index in [1.807, 2.05) is 0 Å². The molecule has 11 heteroatoms. The molecule has 3 N–H and O–H groups in total. The maximum absolute atomic E-state index is 13.7. The van der Waals surface area contributed by atoms with E-state index in [1.165, 1.54) is 29.2 Å². The zero-order chi connectivity index (χ0) is 18.1. The number of nitrogen functional groups attached to an aromatic ring is 1. The summed E-state index contributed by atoms with van der Waals surface area (Å²) in [6.07, 6.45) is 2.68. The van der Waals surface area contributed by atoms with Gasteiger partial charge in [0.15, 0.2) is 0 Å². The average molecular weight is 468 g/mol. The summed E-state index contributed by atoms with van der Waals surface area (Å²) in [6.45, 7) is 0. The quantitative estimate of drug-likeness (QED) is 0.397. The highest BCUT2D eigenvalue weighted by molar-refractivity contribution is 9.10. The summed E-state index contributed by atoms with van der Waals surface area (Å²) in [5.74, 6) is -0.170. The second-order valence-electron chi connectivity index (χ2n) is 4.67. The molecule has 0 radical (unpaired) electrons. The van der Waals surface area contributed by atoms with Crippen LogP contribution < -0.4 is 5.73 Å². The second-order valence-corrected chi connectivity index (χ2v) is 11.7. The zero-order valence-electron chi connectivity index (χ0n) is 12.6. The SMILES string of the molecule is CSc1sc(C(=N)N)cc1S(=O)(=NS(C)(=O)=O)c1cccc(Br)c1. The van der Waals surface area contributed by atoms with E-state index in [0.717, 1.165) is 6.26 Å². The fraction of sp³-hybridized carbons (Fsp3) is 0.154. The first-order chi connectivity index (χ1) is 11.1. The standard InChI is InChI=1S/C13H14BrN3O3S4/c1-21-13-11(7-10(22-13)12(15)16)24(20,17-23(2,18)19)9-5-3-4-8(14)6-9/h3-7H,1-2H3,(H3,15,16). The van der Waals surface area contributed by atoms with Gasteiger partial charge >= 0.3 is 0 Å². The largest absolute Gasteiger partial charge is 0.383 e. The Bertz CT molecular complexity index is 1020. The van der Waals surface area contributed by atoms with Crippen LogP contribution in [0.4, 0.5) is 0 Å². The monoisotopic (exact) mass is 467 g/mol. The number of thiophene rings is 1. The smallest absolute Gasteiger partial charge is 0.258 e. The number of nitrogens with one attached hydrogen (secondary N) is 1. The normalized spacial score (nSPS) is 14.1. The average Bonchev–Trinajstić information content (AvgIpc) is 2.90. The first-order valence-electron chi connectivity index (χ1n) is 6.33. The predicted molar refractivity (Wildman–Crippen MR) is 103 cm³/mol. The number of thioether (sulfide) groups is 1. The molecule has 1 aromatic carbocycles. The Morgan fingerprint density at radius 2 is 2.00 bits per heavy atom. The van der Waals surface area contributed by atoms with Gasteiger partial charge in [0, 0.05) is 4.47 Å². The lowest BCUT2D eigenvalue weighted by Gasteiger charge is -2.10. The summed E-state index contributed by atoms with van der Waals surface area (Å²) >= 11 is 5.79. The first kappa shape index (κ1) is 19.4. The number of hydrogen-bond acceptors (Lipinski definition) is 6. The molecule has 0 aliphatic rings. The first-order valence-corrected chi connectivity index (χ1v) is 12.5. The van der Waals surface area contributed by atoms with Crippen molar-refractivity contribution in [2.75, 3.05) is 12.5 Å². The van der Waals surface area contributed by atoms with Crippen LogP contribution in [0.25, 0.3) is 0 Å². The molecule has 0 bridgehead atoms. The van der Waals surface area contributed by atoms with E-state index in [2.05, 4.69) is 19.7 Å². The highest BCUT2D eigenvalue weighted by Gasteiger charge is 2.25. The molecule has 24 heavy (non-hydrogen) atoms. The van der Waals surface area contributed by atoms with Crippen LogP contribution >= 0.6 is 39.0 Å². The van der Waals surface area contributed by atoms with Crippen molar-refractivity contribution in [2.45, 2.75) is 14.0 Å². The molecule has 2 aromatic rings. The number of hydrogen-bond donors (Lipinski definition) is 2. The highest BCUT2D eigenvalue weighted by Crippen LogP contribution is 2.38. The fourth-order valence-corrected chi connectivity index (χ4v) is 8.55. The van der Waals surface area contributed by atoms with Crippen molar-refractivity contribution in [3.05, 3.63) is 39.7 Å². The van der Waals surface area contributed by atoms with Crippen LogP contribution in [0, 0.1) is 5.41 Å². The molecule has 0 fully saturated rings. The predicted octanol–water partition coefficient (Wildman–Crippen LogP) is 3.36. The number of benzene rings is 1. The molecule has 1 aromatic heterocycles. The van der Waals surface area contributed by atoms with Crippen molar-refractivity contribution in [3.8, 4) is 0 Å². The molecule has 2 rings (SSSR count). The number of nitrogens with zero attached hydrogens (tertiary/aromatic N) is 1. The molecule has 6 nitrogen and oxygen atoms in total. The number of halogens is 1. The molecule has 0 saturated heterocycles. The van der Waals surface area contributed by atoms with E-state index in [0.29, 0.717) is 13.6 Å². The summed E-state index contributed by atoms with van der Waals surface area (Å²) < 4.78 is 42.2. The molecular formula is C13H14BrN3O3S4. The van der Waals surface area contributed by atoms with Gasteiger partial charge in [-0.25, -0.2) is 12.6 Å². The molecule has 0 aliphatic carbocycles. The van der Waals surface area contributed by atoms with Gasteiger partial charge < -0.3 is 5.73 Å². The lowest BCUT2D eigenvalue weighted by atomic mass is 10.4. The summed E-state index contributed by atoms with van der Waals surface area (Å²) in [6, 6.07) is 8.03. The van der Waals surface area contributed by atoms with E-state index in [1.54, 1.807) is 30.5 Å². The van der Waals surface area contributed by atoms with Crippen molar-refractivity contribution in [2.24, 2.45) is 9.50 Å². The lowest BCUT2D eigenvalue weighted by Crippen LogP contribution is -2.09. The van der Waals surface area contributed by atoms with Crippen molar-refractivity contribution in [3.63, 3.8) is 0 Å². The third-order valence-corrected chi connectivity index (χ3v) is 9.56. The number of rotatable bonds is 5. The van der Waals surface area contributed by atoms with Crippen LogP contribution in [-0.4, -0.2) is 31.0 Å². The molecule has 0 spiro atoms. The lowest BCUT2D eigenvalue weighted by molar-refractivity contribution is 0.603. The molecule has 130 valence electrons. The highest BCUT2D eigenvalue weighted by atomic mass is 79.9. The van der Waals surface area contributed by atoms with E-state index in [9.17, 15) is 12.6 Å². The zero-order valence-corrected chi connectivity index (χ0v) is 17.5. The molecule has 1 unspecified atom stereocenters. The molecule has 0 aliphatic heterocycles. The molecular weight excluding hydrogens is 454 g/mol. The maximum atomic E-state index is 13.7. The van der Waals surface area contributed by atoms with Crippen molar-refractivity contribution in [1.29, 1.82) is 5.41 Å². The van der Waals surface area contributed by atoms with Gasteiger partial charge in [-0.1, -0.05) is 22.0 Å². The van der Waals surface area contributed by atoms with E-state index in [4.69, 9.17) is 11.1 Å². The number of amidine groups is 1. The molecule has 0 amide bonds. The number of sulfonamides is 1. The third-order valence-electron chi connectivity index (χ3n) is 2.77. The Morgan fingerprint density at radius 3 is 2.50 bits per heavy atom. The van der Waals surface area contributed by atoms with Crippen LogP contribution in [0.2, 0.25) is 0 Å². The number of nitrogens with two attached hydrogens (primary N) is 1. The minimum absolute atomic E-state index is 0.170. The summed E-state index contributed by atoms with van der Waals surface area (Å²) in [7, 11) is -7.32. The van der Waals surface area contributed by atoms with E-state index in [-0.39, 0.29) is 15.6 Å². The Hall–Kier alpha value is -0.880. The fourth-order valence-electron chi connectivity index (χ4n) is 1.87. The van der Waals surface area contributed by atoms with E-state index < -0.39 is 19.8 Å². The molecule has 1 heterocycles. The van der Waals surface area contributed by atoms with Gasteiger partial charge in [0.05, 0.1) is 25.1 Å². The van der Waals surface area contributed by atoms with Gasteiger partial charge in [-0.15, -0.1) is 26.9 Å². The van der Waals surface area contributed by atoms with Gasteiger partial charge in [0.1, 0.15) is 15.6 Å². The van der Waals surface area contributed by atoms with Crippen LogP contribution in [0.3, 0.4) is 0 Å². The van der Waals surface area contributed by atoms with Crippen molar-refractivity contribution < 1.29 is 12.6 Å². The summed E-state index contributed by atoms with van der Waals surface area (Å²) in [4.78, 5) is 0.944. The molecule has 1 atom stereocenters. The van der Waals surface area contributed by atoms with Gasteiger partial charge in [-0.3, -0.25) is 5.41 Å². The summed E-state index contributed by atoms with van der Waals surface area (Å²) in [5.41, 5.74) is 5.52. The van der Waals surface area contributed by atoms with Gasteiger partial charge in [-0.2, -0.15) is 0 Å². The van der Waals surface area contributed by atoms with Crippen LogP contribution in [0.5, 0.6) is 0 Å². The minimum Gasteiger partial charge on any atom is -0.383 e. The van der Waals surface area contributed by atoms with Crippen LogP contribution in [0.15, 0.2) is 52.6 Å². The Labute approximate surface area is 157 Å². The topological polar surface area (TPSA) is 113 Å². The third kappa shape index (κ3) is 4.20. The van der Waals surface area contributed by atoms with E-state index >= 15 is 0 Å². The maximum Gasteiger partial charge on any atom is 0.258 e. The van der Waals surface area contributed by atoms with Crippen molar-refractivity contribution in [1.82, 2.24) is 0 Å². The Kier molecular flexibility index (Phi) is 5.80. The van der Waals surface area contributed by atoms with Gasteiger partial charge in [0.25, 0.3) is 10.0 Å². The van der Waals surface area contributed by atoms with Gasteiger partial charge in [0.2, 0.25) is 0 Å². The summed E-state index contributed by atoms with van der Waals surface area (Å²) in [5, 5.41) is 7.57. The van der Waals surface area contributed by atoms with Gasteiger partial charge in [-0.05, 0) is 30.5 Å². The van der Waals surface area contributed by atoms with Crippen LogP contribution in [0.1, 0.15) is 4.88 Å². The molecule has 0 saturated carbocycles. The Morgan fingerprint density at radius 1 is 1.33 bits per heavy atom. The minimum atomic E-state index is -3.88. The van der Waals surface area contributed by atoms with Crippen LogP contribution in [-0.2, 0) is 19.8 Å². The van der Waals surface area contributed by atoms with Crippen molar-refractivity contribution >= 4 is 64.6 Å².